The van der Waals surface area contributed by atoms with Gasteiger partial charge in [0.05, 0.1) is 29.1 Å². The van der Waals surface area contributed by atoms with Gasteiger partial charge < -0.3 is 14.5 Å². The minimum absolute atomic E-state index is 0.0430. The number of hydrogen-bond acceptors (Lipinski definition) is 4. The molecule has 0 radical (unpaired) electrons. The Balaban J connectivity index is 1.31. The van der Waals surface area contributed by atoms with Gasteiger partial charge in [0, 0.05) is 51.3 Å². The van der Waals surface area contributed by atoms with Crippen LogP contribution in [-0.4, -0.2) is 16.2 Å². The van der Waals surface area contributed by atoms with Crippen molar-refractivity contribution in [2.75, 3.05) is 16.5 Å². The van der Waals surface area contributed by atoms with Crippen molar-refractivity contribution in [2.24, 2.45) is 0 Å². The van der Waals surface area contributed by atoms with Gasteiger partial charge in [-0.2, -0.15) is 0 Å². The Morgan fingerprint density at radius 2 is 0.840 bits per heavy atom. The fraction of sp³-hybridized carbons (Fsp3) is 0.386. The zero-order valence-electron chi connectivity index (χ0n) is 48.8. The number of pyridine rings is 1. The zero-order chi connectivity index (χ0) is 54.4. The molecular formula is C70H84N4O. The lowest BCUT2D eigenvalue weighted by molar-refractivity contribution is 0.475. The molecule has 6 aromatic carbocycles. The van der Waals surface area contributed by atoms with Crippen molar-refractivity contribution < 1.29 is 4.74 Å². The molecule has 3 heterocycles. The van der Waals surface area contributed by atoms with Crippen molar-refractivity contribution in [3.8, 4) is 17.3 Å². The summed E-state index contributed by atoms with van der Waals surface area (Å²) in [5.74, 6) is 2.50. The molecule has 5 heteroatoms. The lowest BCUT2D eigenvalue weighted by atomic mass is 9.73. The summed E-state index contributed by atoms with van der Waals surface area (Å²) in [6.07, 6.45) is 1.96. The maximum Gasteiger partial charge on any atom is 0.137 e. The van der Waals surface area contributed by atoms with E-state index in [4.69, 9.17) is 9.72 Å². The van der Waals surface area contributed by atoms with E-state index in [1.807, 2.05) is 6.20 Å². The molecule has 0 amide bonds. The highest BCUT2D eigenvalue weighted by Gasteiger charge is 2.47. The molecular weight excluding hydrogens is 913 g/mol. The smallest absolute Gasteiger partial charge is 0.137 e. The Hall–Kier alpha value is -6.59. The van der Waals surface area contributed by atoms with E-state index in [1.54, 1.807) is 0 Å². The number of para-hydroxylation sites is 1. The number of anilines is 2. The second-order valence-corrected chi connectivity index (χ2v) is 27.6. The van der Waals surface area contributed by atoms with Crippen molar-refractivity contribution in [2.45, 2.75) is 169 Å². The first-order valence-corrected chi connectivity index (χ1v) is 27.3. The van der Waals surface area contributed by atoms with E-state index in [2.05, 4.69) is 292 Å². The van der Waals surface area contributed by atoms with Gasteiger partial charge in [-0.25, -0.2) is 4.98 Å². The Kier molecular flexibility index (Phi) is 13.2. The molecule has 0 saturated heterocycles. The fourth-order valence-corrected chi connectivity index (χ4v) is 11.2. The largest absolute Gasteiger partial charge is 0.457 e. The van der Waals surface area contributed by atoms with Gasteiger partial charge in [-0.05, 0) is 115 Å². The topological polar surface area (TPSA) is 33.5 Å². The fourth-order valence-electron chi connectivity index (χ4n) is 11.2. The van der Waals surface area contributed by atoms with Crippen LogP contribution in [0.1, 0.15) is 170 Å². The van der Waals surface area contributed by atoms with Gasteiger partial charge in [0.1, 0.15) is 17.3 Å². The molecule has 0 N–H and O–H groups in total. The molecule has 9 rings (SSSR count). The minimum Gasteiger partial charge on any atom is -0.457 e. The van der Waals surface area contributed by atoms with Crippen LogP contribution in [0.5, 0.6) is 11.5 Å². The highest BCUT2D eigenvalue weighted by atomic mass is 16.5. The molecule has 0 fully saturated rings. The number of rotatable bonds is 9. The predicted molar refractivity (Wildman–Crippen MR) is 321 cm³/mol. The van der Waals surface area contributed by atoms with Crippen LogP contribution in [0.2, 0.25) is 0 Å². The summed E-state index contributed by atoms with van der Waals surface area (Å²) >= 11 is 0. The molecule has 0 spiro atoms. The Morgan fingerprint density at radius 3 is 1.33 bits per heavy atom. The van der Waals surface area contributed by atoms with Crippen LogP contribution in [0, 0.1) is 0 Å². The summed E-state index contributed by atoms with van der Waals surface area (Å²) in [5.41, 5.74) is 14.5. The average Bonchev–Trinajstić information content (AvgIpc) is 3.91. The number of hydrogen-bond donors (Lipinski definition) is 0. The van der Waals surface area contributed by atoms with Crippen molar-refractivity contribution in [1.29, 1.82) is 0 Å². The number of allylic oxidation sites excluding steroid dienone is 2. The van der Waals surface area contributed by atoms with Gasteiger partial charge in [-0.1, -0.05) is 216 Å². The Labute approximate surface area is 450 Å². The lowest BCUT2D eigenvalue weighted by Crippen LogP contribution is -2.35. The maximum absolute atomic E-state index is 7.42. The van der Waals surface area contributed by atoms with E-state index in [1.165, 1.54) is 66.8 Å². The normalized spacial score (nSPS) is 14.4. The SMILES string of the molecule is CC(C)(C)c1cc(Oc2cc(C(C)(C)C)c3c4ccccc4n(-c4cc(C(C)(C)C)ccn4)c3c2)cc(N2CN(c3cc(C(C)(C)C)cc(C(C)(C)C)c3)C(C(C)(C)c3ccccc3)=C2C(C)(C)c2ccccc2)c1. The van der Waals surface area contributed by atoms with Crippen LogP contribution in [0.3, 0.4) is 0 Å². The molecule has 8 aromatic rings. The predicted octanol–water partition coefficient (Wildman–Crippen LogP) is 18.9. The summed E-state index contributed by atoms with van der Waals surface area (Å²) < 4.78 is 9.76. The Bertz CT molecular complexity index is 3410. The van der Waals surface area contributed by atoms with E-state index in [-0.39, 0.29) is 27.1 Å². The lowest BCUT2D eigenvalue weighted by Gasteiger charge is -2.39. The van der Waals surface area contributed by atoms with Gasteiger partial charge in [0.2, 0.25) is 0 Å². The molecule has 2 aromatic heterocycles. The van der Waals surface area contributed by atoms with Gasteiger partial charge in [-0.15, -0.1) is 0 Å². The van der Waals surface area contributed by atoms with Crippen LogP contribution in [-0.2, 0) is 37.9 Å². The second-order valence-electron chi connectivity index (χ2n) is 27.6. The summed E-state index contributed by atoms with van der Waals surface area (Å²) in [5, 5.41) is 2.44. The molecule has 390 valence electrons. The van der Waals surface area contributed by atoms with Crippen molar-refractivity contribution in [3.05, 3.63) is 202 Å². The van der Waals surface area contributed by atoms with Crippen LogP contribution in [0.15, 0.2) is 163 Å². The van der Waals surface area contributed by atoms with Crippen LogP contribution >= 0.6 is 0 Å². The number of aromatic nitrogens is 2. The van der Waals surface area contributed by atoms with E-state index in [9.17, 15) is 0 Å². The third-order valence-electron chi connectivity index (χ3n) is 15.9. The molecule has 1 aliphatic heterocycles. The number of fused-ring (bicyclic) bond motifs is 3. The van der Waals surface area contributed by atoms with Gasteiger partial charge in [-0.3, -0.25) is 4.57 Å². The van der Waals surface area contributed by atoms with Crippen molar-refractivity contribution in [3.63, 3.8) is 0 Å². The molecule has 5 nitrogen and oxygen atoms in total. The number of ether oxygens (including phenoxy) is 1. The summed E-state index contributed by atoms with van der Waals surface area (Å²) in [6.45, 7) is 45.0. The quantitative estimate of drug-likeness (QED) is 0.144. The van der Waals surface area contributed by atoms with E-state index >= 15 is 0 Å². The minimum atomic E-state index is -0.441. The summed E-state index contributed by atoms with van der Waals surface area (Å²) in [7, 11) is 0. The molecule has 0 saturated carbocycles. The molecule has 0 bridgehead atoms. The third kappa shape index (κ3) is 10.2. The Morgan fingerprint density at radius 1 is 0.387 bits per heavy atom. The first-order valence-electron chi connectivity index (χ1n) is 27.3. The summed E-state index contributed by atoms with van der Waals surface area (Å²) in [6, 6.07) is 54.3. The zero-order valence-corrected chi connectivity index (χ0v) is 48.8. The van der Waals surface area contributed by atoms with Gasteiger partial charge in [0.15, 0.2) is 0 Å². The van der Waals surface area contributed by atoms with Crippen molar-refractivity contribution >= 4 is 33.2 Å². The summed E-state index contributed by atoms with van der Waals surface area (Å²) in [4.78, 5) is 10.3. The highest BCUT2D eigenvalue weighted by Crippen LogP contribution is 2.52. The van der Waals surface area contributed by atoms with Crippen LogP contribution in [0.4, 0.5) is 11.4 Å². The van der Waals surface area contributed by atoms with E-state index in [0.29, 0.717) is 6.67 Å². The van der Waals surface area contributed by atoms with Crippen LogP contribution in [0.25, 0.3) is 27.6 Å². The molecule has 1 aliphatic rings. The van der Waals surface area contributed by atoms with E-state index in [0.717, 1.165) is 34.0 Å². The molecule has 0 atom stereocenters. The molecule has 0 aliphatic carbocycles. The molecule has 75 heavy (non-hydrogen) atoms. The second kappa shape index (κ2) is 18.6. The average molecular weight is 997 g/mol. The number of benzene rings is 6. The molecule has 0 unspecified atom stereocenters. The number of nitrogens with zero attached hydrogens (tertiary/aromatic N) is 4. The highest BCUT2D eigenvalue weighted by molar-refractivity contribution is 6.11. The first-order chi connectivity index (χ1) is 34.8. The van der Waals surface area contributed by atoms with E-state index < -0.39 is 10.8 Å². The standard InChI is InChI=1S/C70H84N4O/c1-64(2,3)48-34-35-71-60(41-48)74-58-33-27-26-32-56(58)61-57(68(13,14)15)43-55(44-59(61)74)75-54-40-51(67(10,11)12)39-53(42-54)73-45-72(52-37-49(65(4,5)6)36-50(38-52)66(7,8)9)62(69(16,17)46-28-22-20-23-29-46)63(73)70(18,19)47-30-24-21-25-31-47/h20-44H,45H2,1-19H3. The van der Waals surface area contributed by atoms with Gasteiger partial charge in [0.25, 0.3) is 0 Å². The van der Waals surface area contributed by atoms with Crippen molar-refractivity contribution in [1.82, 2.24) is 9.55 Å². The third-order valence-corrected chi connectivity index (χ3v) is 15.9. The maximum atomic E-state index is 7.42. The first kappa shape index (κ1) is 53.2. The van der Waals surface area contributed by atoms with Gasteiger partial charge >= 0.3 is 0 Å². The monoisotopic (exact) mass is 997 g/mol. The van der Waals surface area contributed by atoms with Crippen LogP contribution < -0.4 is 14.5 Å².